The van der Waals surface area contributed by atoms with E-state index in [4.69, 9.17) is 15.6 Å². The molecule has 1 saturated heterocycles. The van der Waals surface area contributed by atoms with Gasteiger partial charge in [-0.05, 0) is 0 Å². The molecule has 0 spiro atoms. The van der Waals surface area contributed by atoms with Gasteiger partial charge < -0.3 is 20.9 Å². The van der Waals surface area contributed by atoms with Crippen molar-refractivity contribution < 1.29 is 19.4 Å². The molecule has 86 valence electrons. The molecule has 1 heterocycles. The van der Waals surface area contributed by atoms with Gasteiger partial charge in [-0.2, -0.15) is 0 Å². The lowest BCUT2D eigenvalue weighted by Crippen LogP contribution is -2.56. The number of carboxylic acids is 1. The topological polar surface area (TPSA) is 102 Å². The third kappa shape index (κ3) is 2.45. The summed E-state index contributed by atoms with van der Waals surface area (Å²) in [6, 6.07) is 0. The van der Waals surface area contributed by atoms with Gasteiger partial charge in [0.05, 0.1) is 6.61 Å². The van der Waals surface area contributed by atoms with E-state index < -0.39 is 11.5 Å². The maximum atomic E-state index is 11.5. The maximum absolute atomic E-state index is 11.5. The lowest BCUT2D eigenvalue weighted by atomic mass is 9.97. The van der Waals surface area contributed by atoms with Gasteiger partial charge >= 0.3 is 5.97 Å². The minimum atomic E-state index is -1.26. The molecular weight excluding hydrogens is 200 g/mol. The minimum absolute atomic E-state index is 0.0192. The highest BCUT2D eigenvalue weighted by Crippen LogP contribution is 2.19. The van der Waals surface area contributed by atoms with E-state index in [2.05, 4.69) is 5.32 Å². The highest BCUT2D eigenvalue weighted by Gasteiger charge is 2.44. The molecule has 15 heavy (non-hydrogen) atoms. The van der Waals surface area contributed by atoms with Gasteiger partial charge in [0.25, 0.3) is 0 Å². The lowest BCUT2D eigenvalue weighted by Gasteiger charge is -2.25. The van der Waals surface area contributed by atoms with Crippen LogP contribution in [0, 0.1) is 5.92 Å². The molecule has 0 aliphatic carbocycles. The number of hydrogen-bond acceptors (Lipinski definition) is 4. The van der Waals surface area contributed by atoms with Crippen LogP contribution in [-0.2, 0) is 14.3 Å². The molecule has 1 amide bonds. The number of rotatable bonds is 4. The van der Waals surface area contributed by atoms with Crippen molar-refractivity contribution >= 4 is 11.9 Å². The fourth-order valence-corrected chi connectivity index (χ4v) is 1.35. The van der Waals surface area contributed by atoms with E-state index in [0.29, 0.717) is 13.0 Å². The van der Waals surface area contributed by atoms with Crippen molar-refractivity contribution in [2.45, 2.75) is 18.9 Å². The van der Waals surface area contributed by atoms with E-state index in [-0.39, 0.29) is 25.0 Å². The van der Waals surface area contributed by atoms with Crippen molar-refractivity contribution in [1.82, 2.24) is 5.32 Å². The van der Waals surface area contributed by atoms with Crippen LogP contribution in [0.2, 0.25) is 0 Å². The van der Waals surface area contributed by atoms with Gasteiger partial charge in [-0.3, -0.25) is 4.79 Å². The van der Waals surface area contributed by atoms with E-state index in [1.807, 2.05) is 0 Å². The number of carbonyl (C=O) groups is 2. The molecule has 1 aliphatic rings. The molecule has 4 N–H and O–H groups in total. The van der Waals surface area contributed by atoms with Crippen LogP contribution in [0.4, 0.5) is 0 Å². The van der Waals surface area contributed by atoms with Crippen molar-refractivity contribution in [2.24, 2.45) is 11.7 Å². The van der Waals surface area contributed by atoms with Crippen molar-refractivity contribution in [3.63, 3.8) is 0 Å². The summed E-state index contributed by atoms with van der Waals surface area (Å²) in [6.45, 7) is 2.22. The van der Waals surface area contributed by atoms with Gasteiger partial charge in [0.15, 0.2) is 5.54 Å². The first-order chi connectivity index (χ1) is 7.02. The van der Waals surface area contributed by atoms with E-state index in [1.165, 1.54) is 0 Å². The number of aliphatic carboxylic acids is 1. The Balaban J connectivity index is 2.67. The first kappa shape index (κ1) is 11.9. The Bertz CT molecular complexity index is 261. The molecule has 2 atom stereocenters. The number of carboxylic acid groups (broad SMARTS) is 1. The molecule has 0 bridgehead atoms. The number of ether oxygens (including phenoxy) is 1. The van der Waals surface area contributed by atoms with Gasteiger partial charge in [0.2, 0.25) is 5.91 Å². The molecule has 6 nitrogen and oxygen atoms in total. The molecule has 6 heteroatoms. The molecule has 0 aromatic rings. The van der Waals surface area contributed by atoms with Gasteiger partial charge in [-0.1, -0.05) is 6.92 Å². The predicted molar refractivity (Wildman–Crippen MR) is 52.2 cm³/mol. The van der Waals surface area contributed by atoms with E-state index in [9.17, 15) is 9.59 Å². The summed E-state index contributed by atoms with van der Waals surface area (Å²) in [4.78, 5) is 22.6. The molecule has 1 rings (SSSR count). The van der Waals surface area contributed by atoms with E-state index in [1.54, 1.807) is 6.92 Å². The molecule has 0 radical (unpaired) electrons. The van der Waals surface area contributed by atoms with Crippen LogP contribution in [-0.4, -0.2) is 42.3 Å². The maximum Gasteiger partial charge on any atom is 0.331 e. The van der Waals surface area contributed by atoms with Gasteiger partial charge in [-0.15, -0.1) is 0 Å². The Morgan fingerprint density at radius 1 is 1.67 bits per heavy atom. The third-order valence-electron chi connectivity index (χ3n) is 2.59. The fraction of sp³-hybridized carbons (Fsp3) is 0.778. The highest BCUT2D eigenvalue weighted by atomic mass is 16.5. The van der Waals surface area contributed by atoms with Gasteiger partial charge in [-0.25, -0.2) is 4.79 Å². The summed E-state index contributed by atoms with van der Waals surface area (Å²) in [7, 11) is 0. The zero-order chi connectivity index (χ0) is 11.5. The molecule has 2 unspecified atom stereocenters. The number of amides is 1. The fourth-order valence-electron chi connectivity index (χ4n) is 1.35. The summed E-state index contributed by atoms with van der Waals surface area (Å²) in [6.07, 6.45) is 0.297. The summed E-state index contributed by atoms with van der Waals surface area (Å²) in [5.74, 6) is -1.79. The molecule has 1 aliphatic heterocycles. The minimum Gasteiger partial charge on any atom is -0.479 e. The highest BCUT2D eigenvalue weighted by molar-refractivity contribution is 5.88. The Morgan fingerprint density at radius 3 is 2.73 bits per heavy atom. The van der Waals surface area contributed by atoms with Crippen LogP contribution in [0.3, 0.4) is 0 Å². The summed E-state index contributed by atoms with van der Waals surface area (Å²) >= 11 is 0. The standard InChI is InChI=1S/C9H16N2O4/c1-6(4-10)7(12)11-9(8(13)14)2-3-15-5-9/h6H,2-5,10H2,1H3,(H,11,12)(H,13,14). The lowest BCUT2D eigenvalue weighted by molar-refractivity contribution is -0.148. The van der Waals surface area contributed by atoms with Crippen molar-refractivity contribution in [3.8, 4) is 0 Å². The Morgan fingerprint density at radius 2 is 2.33 bits per heavy atom. The van der Waals surface area contributed by atoms with Crippen molar-refractivity contribution in [1.29, 1.82) is 0 Å². The Labute approximate surface area is 87.8 Å². The molecule has 0 saturated carbocycles. The van der Waals surface area contributed by atoms with E-state index in [0.717, 1.165) is 0 Å². The summed E-state index contributed by atoms with van der Waals surface area (Å²) < 4.78 is 5.01. The van der Waals surface area contributed by atoms with Gasteiger partial charge in [0.1, 0.15) is 0 Å². The summed E-state index contributed by atoms with van der Waals surface area (Å²) in [5, 5.41) is 11.5. The van der Waals surface area contributed by atoms with Crippen LogP contribution in [0.15, 0.2) is 0 Å². The SMILES string of the molecule is CC(CN)C(=O)NC1(C(=O)O)CCOC1. The largest absolute Gasteiger partial charge is 0.479 e. The van der Waals surface area contributed by atoms with Crippen LogP contribution in [0.1, 0.15) is 13.3 Å². The average Bonchev–Trinajstić information content (AvgIpc) is 2.66. The molecule has 0 aromatic carbocycles. The van der Waals surface area contributed by atoms with Crippen LogP contribution in [0.5, 0.6) is 0 Å². The van der Waals surface area contributed by atoms with Crippen LogP contribution in [0.25, 0.3) is 0 Å². The number of carbonyl (C=O) groups excluding carboxylic acids is 1. The van der Waals surface area contributed by atoms with Crippen molar-refractivity contribution in [2.75, 3.05) is 19.8 Å². The van der Waals surface area contributed by atoms with Crippen LogP contribution < -0.4 is 11.1 Å². The number of hydrogen-bond donors (Lipinski definition) is 3. The second-order valence-electron chi connectivity index (χ2n) is 3.82. The molecule has 1 fully saturated rings. The monoisotopic (exact) mass is 216 g/mol. The molecule has 0 aromatic heterocycles. The third-order valence-corrected chi connectivity index (χ3v) is 2.59. The molecular formula is C9H16N2O4. The first-order valence-electron chi connectivity index (χ1n) is 4.85. The zero-order valence-corrected chi connectivity index (χ0v) is 8.66. The first-order valence-corrected chi connectivity index (χ1v) is 4.85. The summed E-state index contributed by atoms with van der Waals surface area (Å²) in [5.41, 5.74) is 4.06. The number of nitrogens with two attached hydrogens (primary N) is 1. The quantitative estimate of drug-likeness (QED) is 0.556. The predicted octanol–water partition coefficient (Wildman–Crippen LogP) is -1.06. The Hall–Kier alpha value is -1.14. The Kier molecular flexibility index (Phi) is 3.65. The second kappa shape index (κ2) is 4.59. The normalized spacial score (nSPS) is 27.3. The van der Waals surface area contributed by atoms with E-state index >= 15 is 0 Å². The number of nitrogens with one attached hydrogen (secondary N) is 1. The zero-order valence-electron chi connectivity index (χ0n) is 8.66. The van der Waals surface area contributed by atoms with Crippen molar-refractivity contribution in [3.05, 3.63) is 0 Å². The smallest absolute Gasteiger partial charge is 0.331 e. The second-order valence-corrected chi connectivity index (χ2v) is 3.82. The van der Waals surface area contributed by atoms with Crippen LogP contribution >= 0.6 is 0 Å². The average molecular weight is 216 g/mol. The van der Waals surface area contributed by atoms with Gasteiger partial charge in [0, 0.05) is 25.5 Å².